The number of rotatable bonds is 18. The zero-order chi connectivity index (χ0) is 30.8. The van der Waals surface area contributed by atoms with E-state index in [1.54, 1.807) is 0 Å². The van der Waals surface area contributed by atoms with Gasteiger partial charge < -0.3 is 4.74 Å². The van der Waals surface area contributed by atoms with E-state index in [1.165, 1.54) is 0 Å². The fraction of sp³-hybridized carbons (Fsp3) is 0.833. The van der Waals surface area contributed by atoms with Gasteiger partial charge in [0.25, 0.3) is 0 Å². The number of unbranched alkanes of at least 4 members (excludes halogenated alkanes) is 4. The normalized spacial score (nSPS) is 15.7. The molecule has 0 spiro atoms. The quantitative estimate of drug-likeness (QED) is 0.0862. The van der Waals surface area contributed by atoms with Crippen LogP contribution >= 0.6 is 0 Å². The molecule has 0 aromatic rings. The molecule has 2 unspecified atom stereocenters. The van der Waals surface area contributed by atoms with E-state index in [0.717, 1.165) is 12.2 Å². The molecular weight excluding hydrogens is 570 g/mol. The van der Waals surface area contributed by atoms with E-state index in [-0.39, 0.29) is 51.7 Å². The monoisotopic (exact) mass is 602 g/mol. The Morgan fingerprint density at radius 2 is 0.744 bits per heavy atom. The van der Waals surface area contributed by atoms with Crippen molar-refractivity contribution in [2.24, 2.45) is 11.8 Å². The van der Waals surface area contributed by atoms with Crippen LogP contribution in [0.2, 0.25) is 0 Å². The first-order valence-corrected chi connectivity index (χ1v) is 12.1. The molecule has 1 nitrogen and oxygen atoms in total. The lowest BCUT2D eigenvalue weighted by molar-refractivity contribution is -0.359. The summed E-state index contributed by atoms with van der Waals surface area (Å²) in [5.41, 5.74) is -10.8. The first kappa shape index (κ1) is 37.5. The molecule has 0 N–H and O–H groups in total. The first-order valence-electron chi connectivity index (χ1n) is 12.1. The lowest BCUT2D eigenvalue weighted by atomic mass is 9.81. The summed E-state index contributed by atoms with van der Waals surface area (Å²) in [6, 6.07) is 0. The summed E-state index contributed by atoms with van der Waals surface area (Å²) >= 11 is 0. The molecule has 232 valence electrons. The predicted octanol–water partition coefficient (Wildman–Crippen LogP) is 10.2. The third kappa shape index (κ3) is 9.80. The highest BCUT2D eigenvalue weighted by molar-refractivity contribution is 5.02. The third-order valence-corrected chi connectivity index (χ3v) is 6.36. The molecule has 0 aromatic carbocycles. The van der Waals surface area contributed by atoms with Crippen LogP contribution in [0.3, 0.4) is 0 Å². The molecule has 0 aliphatic carbocycles. The van der Waals surface area contributed by atoms with Crippen LogP contribution in [0, 0.1) is 11.8 Å². The Bertz CT molecular complexity index is 632. The van der Waals surface area contributed by atoms with Gasteiger partial charge in [0.05, 0.1) is 0 Å². The van der Waals surface area contributed by atoms with Crippen LogP contribution in [0.15, 0.2) is 25.3 Å². The number of alkyl halides is 14. The first-order chi connectivity index (χ1) is 17.6. The van der Waals surface area contributed by atoms with E-state index in [0.29, 0.717) is 0 Å². The topological polar surface area (TPSA) is 9.23 Å². The second kappa shape index (κ2) is 14.9. The minimum atomic E-state index is -6.17. The highest BCUT2D eigenvalue weighted by Gasteiger charge is 2.76. The molecule has 39 heavy (non-hydrogen) atoms. The summed E-state index contributed by atoms with van der Waals surface area (Å²) in [5.74, 6) is -4.84. The highest BCUT2D eigenvalue weighted by Crippen LogP contribution is 2.54. The maximum Gasteiger partial charge on any atom is 0.431 e. The van der Waals surface area contributed by atoms with Crippen LogP contribution < -0.4 is 0 Å². The molecule has 15 heteroatoms. The fourth-order valence-electron chi connectivity index (χ4n) is 4.25. The van der Waals surface area contributed by atoms with E-state index in [2.05, 4.69) is 13.2 Å². The number of halogens is 14. The van der Waals surface area contributed by atoms with Crippen molar-refractivity contribution < 1.29 is 66.2 Å². The largest absolute Gasteiger partial charge is 0.431 e. The molecular formula is C24H32F14O. The summed E-state index contributed by atoms with van der Waals surface area (Å²) in [5, 5.41) is 0. The van der Waals surface area contributed by atoms with Crippen molar-refractivity contribution in [3.63, 3.8) is 0 Å². The summed E-state index contributed by atoms with van der Waals surface area (Å²) in [6.45, 7) is 6.20. The van der Waals surface area contributed by atoms with Crippen molar-refractivity contribution in [3.05, 3.63) is 25.3 Å². The lowest BCUT2D eigenvalue weighted by Gasteiger charge is -2.36. The van der Waals surface area contributed by atoms with Crippen molar-refractivity contribution in [1.82, 2.24) is 0 Å². The number of allylic oxidation sites excluding steroid dienone is 2. The third-order valence-electron chi connectivity index (χ3n) is 6.36. The summed E-state index contributed by atoms with van der Waals surface area (Å²) in [6.07, 6.45) is -26.0. The van der Waals surface area contributed by atoms with Crippen molar-refractivity contribution in [1.29, 1.82) is 0 Å². The van der Waals surface area contributed by atoms with Crippen LogP contribution in [0.4, 0.5) is 61.5 Å². The Hall–Kier alpha value is -1.54. The number of hydrogen-bond acceptors (Lipinski definition) is 1. The van der Waals surface area contributed by atoms with Crippen LogP contribution in [0.25, 0.3) is 0 Å². The Balaban J connectivity index is 4.55. The molecule has 0 bridgehead atoms. The molecule has 0 aromatic heterocycles. The fourth-order valence-corrected chi connectivity index (χ4v) is 4.25. The summed E-state index contributed by atoms with van der Waals surface area (Å²) in [4.78, 5) is 0. The zero-order valence-electron chi connectivity index (χ0n) is 20.9. The SMILES string of the molecule is C=CCC(CCCCCOCCCCCC(CC=C)C(F)(C(F)(F)F)C(F)(F)F)C(F)(C(F)(F)F)C(F)(F)F. The summed E-state index contributed by atoms with van der Waals surface area (Å²) in [7, 11) is 0. The molecule has 0 saturated carbocycles. The molecule has 2 atom stereocenters. The van der Waals surface area contributed by atoms with E-state index in [4.69, 9.17) is 4.74 Å². The van der Waals surface area contributed by atoms with Gasteiger partial charge in [-0.2, -0.15) is 52.7 Å². The van der Waals surface area contributed by atoms with Gasteiger partial charge in [0.2, 0.25) is 0 Å². The maximum atomic E-state index is 14.2. The molecule has 0 radical (unpaired) electrons. The van der Waals surface area contributed by atoms with Crippen LogP contribution in [-0.2, 0) is 4.74 Å². The van der Waals surface area contributed by atoms with Gasteiger partial charge in [-0.15, -0.1) is 13.2 Å². The maximum absolute atomic E-state index is 14.2. The minimum Gasteiger partial charge on any atom is -0.381 e. The molecule has 0 aliphatic rings. The molecule has 0 amide bonds. The van der Waals surface area contributed by atoms with E-state index in [1.807, 2.05) is 0 Å². The number of hydrogen-bond donors (Lipinski definition) is 0. The molecule has 0 aliphatic heterocycles. The number of ether oxygens (including phenoxy) is 1. The van der Waals surface area contributed by atoms with Gasteiger partial charge in [0.1, 0.15) is 0 Å². The average Bonchev–Trinajstić information content (AvgIpc) is 2.77. The van der Waals surface area contributed by atoms with Gasteiger partial charge in [0.15, 0.2) is 0 Å². The van der Waals surface area contributed by atoms with Crippen LogP contribution in [-0.4, -0.2) is 49.3 Å². The zero-order valence-corrected chi connectivity index (χ0v) is 20.9. The standard InChI is InChI=1S/C24H32F14O/c1-3-11-17(19(25,21(27,28)29)22(30,31)32)13-7-5-9-15-39-16-10-6-8-14-18(12-4-2)20(26,23(33,34)35)24(36,37)38/h3-4,17-18H,1-2,5-16H2. The second-order valence-electron chi connectivity index (χ2n) is 9.17. The van der Waals surface area contributed by atoms with E-state index >= 15 is 0 Å². The van der Waals surface area contributed by atoms with Crippen molar-refractivity contribution >= 4 is 0 Å². The smallest absolute Gasteiger partial charge is 0.381 e. The van der Waals surface area contributed by atoms with Gasteiger partial charge in [-0.1, -0.05) is 37.8 Å². The van der Waals surface area contributed by atoms with Gasteiger partial charge in [-0.3, -0.25) is 0 Å². The van der Waals surface area contributed by atoms with Crippen molar-refractivity contribution in [2.75, 3.05) is 13.2 Å². The Kier molecular flexibility index (Phi) is 14.3. The van der Waals surface area contributed by atoms with Gasteiger partial charge in [0, 0.05) is 25.0 Å². The van der Waals surface area contributed by atoms with Gasteiger partial charge in [-0.05, 0) is 38.5 Å². The molecule has 0 saturated heterocycles. The Morgan fingerprint density at radius 1 is 0.462 bits per heavy atom. The van der Waals surface area contributed by atoms with Crippen molar-refractivity contribution in [3.8, 4) is 0 Å². The predicted molar refractivity (Wildman–Crippen MR) is 116 cm³/mol. The van der Waals surface area contributed by atoms with Crippen molar-refractivity contribution in [2.45, 2.75) is 100 Å². The Morgan fingerprint density at radius 3 is 0.974 bits per heavy atom. The van der Waals surface area contributed by atoms with Crippen LogP contribution in [0.1, 0.15) is 64.2 Å². The molecule has 0 rings (SSSR count). The minimum absolute atomic E-state index is 0.0141. The average molecular weight is 602 g/mol. The lowest BCUT2D eigenvalue weighted by Crippen LogP contribution is -2.58. The van der Waals surface area contributed by atoms with Gasteiger partial charge in [-0.25, -0.2) is 8.78 Å². The van der Waals surface area contributed by atoms with E-state index < -0.39 is 73.6 Å². The van der Waals surface area contributed by atoms with Crippen LogP contribution in [0.5, 0.6) is 0 Å². The van der Waals surface area contributed by atoms with Gasteiger partial charge >= 0.3 is 36.0 Å². The van der Waals surface area contributed by atoms with E-state index in [9.17, 15) is 61.5 Å². The molecule has 0 heterocycles. The Labute approximate surface area is 217 Å². The highest BCUT2D eigenvalue weighted by atomic mass is 19.4. The summed E-state index contributed by atoms with van der Waals surface area (Å²) < 4.78 is 189. The second-order valence-corrected chi connectivity index (χ2v) is 9.17. The molecule has 0 fully saturated rings.